The summed E-state index contributed by atoms with van der Waals surface area (Å²) >= 11 is 2.86. The van der Waals surface area contributed by atoms with Crippen LogP contribution in [0.5, 0.6) is 0 Å². The molecule has 0 saturated carbocycles. The van der Waals surface area contributed by atoms with Crippen molar-refractivity contribution < 1.29 is 9.53 Å². The second kappa shape index (κ2) is 9.00. The van der Waals surface area contributed by atoms with Crippen LogP contribution in [0.25, 0.3) is 6.08 Å². The number of carbonyl (C=O) groups excluding carboxylic acids is 1. The molecule has 0 spiro atoms. The topological polar surface area (TPSA) is 60.7 Å². The van der Waals surface area contributed by atoms with Crippen molar-refractivity contribution in [3.05, 3.63) is 88.7 Å². The Kier molecular flexibility index (Phi) is 6.31. The zero-order valence-electron chi connectivity index (χ0n) is 18.8. The van der Waals surface area contributed by atoms with Crippen LogP contribution in [0.15, 0.2) is 62.8 Å². The fourth-order valence-corrected chi connectivity index (χ4v) is 5.57. The average Bonchev–Trinajstić information content (AvgIpc) is 3.36. The number of aromatic nitrogens is 1. The first kappa shape index (κ1) is 22.4. The van der Waals surface area contributed by atoms with Crippen molar-refractivity contribution in [1.82, 2.24) is 4.57 Å². The number of rotatable bonds is 5. The summed E-state index contributed by atoms with van der Waals surface area (Å²) in [5.41, 5.74) is 3.07. The van der Waals surface area contributed by atoms with Gasteiger partial charge in [-0.05, 0) is 55.3 Å². The van der Waals surface area contributed by atoms with Gasteiger partial charge >= 0.3 is 5.97 Å². The molecular formula is C25H26N2O3S2. The molecule has 3 aromatic rings. The molecule has 5 nitrogen and oxygen atoms in total. The largest absolute Gasteiger partial charge is 0.459 e. The molecule has 166 valence electrons. The number of hydrogen-bond acceptors (Lipinski definition) is 6. The Labute approximate surface area is 195 Å². The van der Waals surface area contributed by atoms with E-state index < -0.39 is 12.0 Å². The Morgan fingerprint density at radius 3 is 2.47 bits per heavy atom. The SMILES string of the molecule is CC1=C(C(=O)OC(C)C)C(c2cccs2)n2c(s/c(=C/c3ccc(C(C)C)cc3)c2=O)=N1. The molecule has 0 bridgehead atoms. The minimum Gasteiger partial charge on any atom is -0.459 e. The van der Waals surface area contributed by atoms with E-state index in [1.54, 1.807) is 11.5 Å². The van der Waals surface area contributed by atoms with Crippen molar-refractivity contribution in [3.8, 4) is 0 Å². The van der Waals surface area contributed by atoms with Crippen molar-refractivity contribution in [2.24, 2.45) is 4.99 Å². The van der Waals surface area contributed by atoms with Crippen LogP contribution in [0.4, 0.5) is 0 Å². The smallest absolute Gasteiger partial charge is 0.338 e. The first-order valence-corrected chi connectivity index (χ1v) is 12.3. The molecule has 2 aromatic heterocycles. The first-order chi connectivity index (χ1) is 15.3. The van der Waals surface area contributed by atoms with Crippen molar-refractivity contribution in [2.75, 3.05) is 0 Å². The normalized spacial score (nSPS) is 16.5. The summed E-state index contributed by atoms with van der Waals surface area (Å²) in [7, 11) is 0. The molecule has 32 heavy (non-hydrogen) atoms. The number of thiazole rings is 1. The molecule has 1 aliphatic rings. The number of hydrogen-bond donors (Lipinski definition) is 0. The molecule has 7 heteroatoms. The Balaban J connectivity index is 1.86. The summed E-state index contributed by atoms with van der Waals surface area (Å²) in [5, 5.41) is 1.95. The van der Waals surface area contributed by atoms with Gasteiger partial charge in [0.15, 0.2) is 4.80 Å². The molecule has 0 saturated heterocycles. The van der Waals surface area contributed by atoms with E-state index in [1.165, 1.54) is 28.2 Å². The highest BCUT2D eigenvalue weighted by Crippen LogP contribution is 2.33. The zero-order valence-corrected chi connectivity index (χ0v) is 20.4. The van der Waals surface area contributed by atoms with E-state index in [0.29, 0.717) is 26.5 Å². The number of carbonyl (C=O) groups is 1. The number of ether oxygens (including phenoxy) is 1. The molecule has 0 aliphatic carbocycles. The molecule has 1 unspecified atom stereocenters. The molecular weight excluding hydrogens is 440 g/mol. The number of nitrogens with zero attached hydrogens (tertiary/aromatic N) is 2. The van der Waals surface area contributed by atoms with E-state index in [9.17, 15) is 9.59 Å². The Hall–Kier alpha value is -2.77. The summed E-state index contributed by atoms with van der Waals surface area (Å²) in [6.07, 6.45) is 1.63. The molecule has 0 fully saturated rings. The van der Waals surface area contributed by atoms with Gasteiger partial charge in [-0.15, -0.1) is 11.3 Å². The van der Waals surface area contributed by atoms with Crippen molar-refractivity contribution in [3.63, 3.8) is 0 Å². The monoisotopic (exact) mass is 466 g/mol. The number of esters is 1. The lowest BCUT2D eigenvalue weighted by Gasteiger charge is -2.24. The van der Waals surface area contributed by atoms with Crippen molar-refractivity contribution >= 4 is 34.7 Å². The molecule has 0 N–H and O–H groups in total. The van der Waals surface area contributed by atoms with Crippen LogP contribution in [0.1, 0.15) is 62.6 Å². The highest BCUT2D eigenvalue weighted by Gasteiger charge is 2.34. The highest BCUT2D eigenvalue weighted by molar-refractivity contribution is 7.10. The lowest BCUT2D eigenvalue weighted by Crippen LogP contribution is -2.39. The van der Waals surface area contributed by atoms with Gasteiger partial charge in [0.25, 0.3) is 5.56 Å². The minimum atomic E-state index is -0.539. The fraction of sp³-hybridized carbons (Fsp3) is 0.320. The predicted octanol–water partition coefficient (Wildman–Crippen LogP) is 4.37. The number of thiophene rings is 1. The molecule has 4 rings (SSSR count). The number of fused-ring (bicyclic) bond motifs is 1. The summed E-state index contributed by atoms with van der Waals surface area (Å²) in [6.45, 7) is 9.74. The summed E-state index contributed by atoms with van der Waals surface area (Å²) < 4.78 is 7.73. The van der Waals surface area contributed by atoms with Crippen LogP contribution in [0, 0.1) is 0 Å². The van der Waals surface area contributed by atoms with Gasteiger partial charge in [0.05, 0.1) is 21.9 Å². The van der Waals surface area contributed by atoms with Crippen LogP contribution in [0.2, 0.25) is 0 Å². The maximum Gasteiger partial charge on any atom is 0.338 e. The molecule has 1 atom stereocenters. The van der Waals surface area contributed by atoms with Gasteiger partial charge in [-0.25, -0.2) is 9.79 Å². The van der Waals surface area contributed by atoms with Gasteiger partial charge in [0, 0.05) is 4.88 Å². The van der Waals surface area contributed by atoms with E-state index in [0.717, 1.165) is 10.4 Å². The predicted molar refractivity (Wildman–Crippen MR) is 130 cm³/mol. The lowest BCUT2D eigenvalue weighted by atomic mass is 10.0. The number of benzene rings is 1. The van der Waals surface area contributed by atoms with Crippen LogP contribution in [0.3, 0.4) is 0 Å². The van der Waals surface area contributed by atoms with Gasteiger partial charge in [-0.2, -0.15) is 0 Å². The zero-order chi connectivity index (χ0) is 23.0. The summed E-state index contributed by atoms with van der Waals surface area (Å²) in [5.74, 6) is 0.0188. The van der Waals surface area contributed by atoms with Crippen molar-refractivity contribution in [1.29, 1.82) is 0 Å². The molecule has 0 amide bonds. The standard InChI is InChI=1S/C25H26N2O3S2/c1-14(2)18-10-8-17(9-11-18)13-20-23(28)27-22(19-7-6-12-31-19)21(24(29)30-15(3)4)16(5)26-25(27)32-20/h6-15,22H,1-5H3/b20-13+. The van der Waals surface area contributed by atoms with Gasteiger partial charge in [0.2, 0.25) is 0 Å². The quantitative estimate of drug-likeness (QED) is 0.525. The highest BCUT2D eigenvalue weighted by atomic mass is 32.1. The van der Waals surface area contributed by atoms with E-state index >= 15 is 0 Å². The second-order valence-electron chi connectivity index (χ2n) is 8.37. The third-order valence-corrected chi connectivity index (χ3v) is 7.21. The average molecular weight is 467 g/mol. The third kappa shape index (κ3) is 4.27. The summed E-state index contributed by atoms with van der Waals surface area (Å²) in [4.78, 5) is 32.6. The van der Waals surface area contributed by atoms with Crippen LogP contribution < -0.4 is 14.9 Å². The van der Waals surface area contributed by atoms with E-state index in [4.69, 9.17) is 4.74 Å². The molecule has 1 aromatic carbocycles. The summed E-state index contributed by atoms with van der Waals surface area (Å²) in [6, 6.07) is 11.6. The Morgan fingerprint density at radius 2 is 1.88 bits per heavy atom. The van der Waals surface area contributed by atoms with Gasteiger partial charge < -0.3 is 4.74 Å². The second-order valence-corrected chi connectivity index (χ2v) is 10.4. The third-order valence-electron chi connectivity index (χ3n) is 5.30. The molecule has 1 aliphatic heterocycles. The van der Waals surface area contributed by atoms with Crippen LogP contribution in [-0.2, 0) is 9.53 Å². The maximum absolute atomic E-state index is 13.5. The van der Waals surface area contributed by atoms with E-state index in [2.05, 4.69) is 31.0 Å². The lowest BCUT2D eigenvalue weighted by molar-refractivity contribution is -0.143. The maximum atomic E-state index is 13.5. The fourth-order valence-electron chi connectivity index (χ4n) is 3.70. The van der Waals surface area contributed by atoms with Crippen LogP contribution in [-0.4, -0.2) is 16.6 Å². The van der Waals surface area contributed by atoms with E-state index in [1.807, 2.05) is 49.6 Å². The number of allylic oxidation sites excluding steroid dienone is 1. The molecule has 3 heterocycles. The van der Waals surface area contributed by atoms with Gasteiger partial charge in [-0.3, -0.25) is 9.36 Å². The van der Waals surface area contributed by atoms with Crippen LogP contribution >= 0.6 is 22.7 Å². The minimum absolute atomic E-state index is 0.151. The van der Waals surface area contributed by atoms with Gasteiger partial charge in [0.1, 0.15) is 6.04 Å². The molecule has 0 radical (unpaired) electrons. The van der Waals surface area contributed by atoms with Gasteiger partial charge in [-0.1, -0.05) is 55.5 Å². The van der Waals surface area contributed by atoms with Crippen molar-refractivity contribution in [2.45, 2.75) is 52.7 Å². The van der Waals surface area contributed by atoms with E-state index in [-0.39, 0.29) is 11.7 Å². The Morgan fingerprint density at radius 1 is 1.16 bits per heavy atom. The Bertz CT molecular complexity index is 1340. The first-order valence-electron chi connectivity index (χ1n) is 10.6.